The monoisotopic (exact) mass is 150 g/mol. The average molecular weight is 150 g/mol. The van der Waals surface area contributed by atoms with Gasteiger partial charge in [0.2, 0.25) is 0 Å². The fourth-order valence-electron chi connectivity index (χ4n) is 0.871. The summed E-state index contributed by atoms with van der Waals surface area (Å²) in [5, 5.41) is 12.5. The molecule has 1 aromatic heterocycles. The van der Waals surface area contributed by atoms with E-state index in [0.29, 0.717) is 11.4 Å². The van der Waals surface area contributed by atoms with Gasteiger partial charge in [0.25, 0.3) is 0 Å². The number of nitriles is 1. The molecule has 4 nitrogen and oxygen atoms in total. The molecule has 0 aliphatic rings. The van der Waals surface area contributed by atoms with Gasteiger partial charge in [-0.15, -0.1) is 0 Å². The Bertz CT molecular complexity index is 281. The number of nitrogen functional groups attached to an aromatic ring is 1. The number of rotatable bonds is 2. The molecule has 58 valence electrons. The van der Waals surface area contributed by atoms with Gasteiger partial charge in [0.1, 0.15) is 17.5 Å². The van der Waals surface area contributed by atoms with Crippen molar-refractivity contribution in [2.75, 3.05) is 5.73 Å². The minimum Gasteiger partial charge on any atom is -0.383 e. The van der Waals surface area contributed by atoms with Gasteiger partial charge in [-0.05, 0) is 6.42 Å². The first-order valence-corrected chi connectivity index (χ1v) is 3.51. The molecule has 0 bridgehead atoms. The lowest BCUT2D eigenvalue weighted by molar-refractivity contribution is 0.611. The third-order valence-electron chi connectivity index (χ3n) is 1.44. The highest BCUT2D eigenvalue weighted by Gasteiger charge is 2.03. The summed E-state index contributed by atoms with van der Waals surface area (Å²) in [5.41, 5.74) is 6.03. The molecule has 0 saturated carbocycles. The van der Waals surface area contributed by atoms with E-state index in [2.05, 4.69) is 5.10 Å². The summed E-state index contributed by atoms with van der Waals surface area (Å²) in [7, 11) is 0. The number of hydrogen-bond acceptors (Lipinski definition) is 3. The van der Waals surface area contributed by atoms with Crippen LogP contribution in [0.25, 0.3) is 0 Å². The van der Waals surface area contributed by atoms with Gasteiger partial charge >= 0.3 is 0 Å². The third-order valence-corrected chi connectivity index (χ3v) is 1.44. The maximum Gasteiger partial charge on any atom is 0.139 e. The van der Waals surface area contributed by atoms with Gasteiger partial charge < -0.3 is 5.73 Å². The van der Waals surface area contributed by atoms with E-state index in [-0.39, 0.29) is 0 Å². The standard InChI is InChI=1S/C7H10N4/c1-2-3-11-7(9)6(4-8)5-10-11/h5H,2-3,9H2,1H3. The van der Waals surface area contributed by atoms with E-state index in [4.69, 9.17) is 11.0 Å². The molecule has 1 heterocycles. The maximum absolute atomic E-state index is 8.52. The highest BCUT2D eigenvalue weighted by atomic mass is 15.3. The first-order chi connectivity index (χ1) is 5.29. The predicted octanol–water partition coefficient (Wildman–Crippen LogP) is 0.747. The zero-order valence-corrected chi connectivity index (χ0v) is 6.41. The SMILES string of the molecule is CCCn1ncc(C#N)c1N. The first kappa shape index (κ1) is 7.61. The summed E-state index contributed by atoms with van der Waals surface area (Å²) in [5.74, 6) is 0.467. The number of aromatic nitrogens is 2. The molecule has 0 spiro atoms. The minimum absolute atomic E-state index is 0.457. The Morgan fingerprint density at radius 2 is 2.55 bits per heavy atom. The van der Waals surface area contributed by atoms with Crippen molar-refractivity contribution in [2.45, 2.75) is 19.9 Å². The smallest absolute Gasteiger partial charge is 0.139 e. The Hall–Kier alpha value is -1.50. The molecule has 0 unspecified atom stereocenters. The molecule has 11 heavy (non-hydrogen) atoms. The topological polar surface area (TPSA) is 67.6 Å². The maximum atomic E-state index is 8.52. The molecule has 2 N–H and O–H groups in total. The molecule has 1 aromatic rings. The molecule has 0 saturated heterocycles. The lowest BCUT2D eigenvalue weighted by atomic mass is 10.4. The summed E-state index contributed by atoms with van der Waals surface area (Å²) in [6.07, 6.45) is 2.46. The Morgan fingerprint density at radius 3 is 3.00 bits per heavy atom. The van der Waals surface area contributed by atoms with Crippen LogP contribution in [0.5, 0.6) is 0 Å². The normalized spacial score (nSPS) is 9.45. The molecule has 0 aromatic carbocycles. The van der Waals surface area contributed by atoms with Gasteiger partial charge in [-0.25, -0.2) is 4.68 Å². The number of hydrogen-bond donors (Lipinski definition) is 1. The molecule has 0 atom stereocenters. The van der Waals surface area contributed by atoms with Crippen LogP contribution < -0.4 is 5.73 Å². The molecular formula is C7H10N4. The zero-order valence-electron chi connectivity index (χ0n) is 6.41. The summed E-state index contributed by atoms with van der Waals surface area (Å²) in [4.78, 5) is 0. The van der Waals surface area contributed by atoms with E-state index in [1.807, 2.05) is 13.0 Å². The summed E-state index contributed by atoms with van der Waals surface area (Å²) >= 11 is 0. The van der Waals surface area contributed by atoms with E-state index < -0.39 is 0 Å². The lowest BCUT2D eigenvalue weighted by Crippen LogP contribution is -2.04. The highest BCUT2D eigenvalue weighted by molar-refractivity contribution is 5.47. The van der Waals surface area contributed by atoms with Gasteiger partial charge in [-0.2, -0.15) is 10.4 Å². The van der Waals surface area contributed by atoms with Gasteiger partial charge in [0.05, 0.1) is 6.20 Å². The van der Waals surface area contributed by atoms with E-state index in [0.717, 1.165) is 13.0 Å². The number of nitrogens with two attached hydrogens (primary N) is 1. The first-order valence-electron chi connectivity index (χ1n) is 3.51. The van der Waals surface area contributed by atoms with Gasteiger partial charge in [0, 0.05) is 6.54 Å². The second kappa shape index (κ2) is 3.06. The van der Waals surface area contributed by atoms with Crippen molar-refractivity contribution in [1.82, 2.24) is 9.78 Å². The molecule has 1 rings (SSSR count). The fourth-order valence-corrected chi connectivity index (χ4v) is 0.871. The van der Waals surface area contributed by atoms with Crippen molar-refractivity contribution >= 4 is 5.82 Å². The van der Waals surface area contributed by atoms with Crippen molar-refractivity contribution in [3.8, 4) is 6.07 Å². The van der Waals surface area contributed by atoms with Gasteiger partial charge in [-0.1, -0.05) is 6.92 Å². The Balaban J connectivity index is 2.93. The number of nitrogens with zero attached hydrogens (tertiary/aromatic N) is 3. The largest absolute Gasteiger partial charge is 0.383 e. The molecule has 4 heteroatoms. The average Bonchev–Trinajstić information content (AvgIpc) is 2.34. The van der Waals surface area contributed by atoms with Crippen LogP contribution in [0.15, 0.2) is 6.20 Å². The number of anilines is 1. The molecule has 0 radical (unpaired) electrons. The highest BCUT2D eigenvalue weighted by Crippen LogP contribution is 2.08. The Kier molecular flexibility index (Phi) is 2.12. The molecule has 0 aliphatic heterocycles. The van der Waals surface area contributed by atoms with Crippen LogP contribution in [-0.2, 0) is 6.54 Å². The van der Waals surface area contributed by atoms with Crippen LogP contribution in [0.4, 0.5) is 5.82 Å². The van der Waals surface area contributed by atoms with Crippen molar-refractivity contribution in [3.05, 3.63) is 11.8 Å². The summed E-state index contributed by atoms with van der Waals surface area (Å²) in [6, 6.07) is 1.97. The summed E-state index contributed by atoms with van der Waals surface area (Å²) < 4.78 is 1.64. The second-order valence-corrected chi connectivity index (χ2v) is 2.28. The van der Waals surface area contributed by atoms with Crippen LogP contribution >= 0.6 is 0 Å². The van der Waals surface area contributed by atoms with Crippen molar-refractivity contribution < 1.29 is 0 Å². The van der Waals surface area contributed by atoms with Crippen LogP contribution in [0.1, 0.15) is 18.9 Å². The van der Waals surface area contributed by atoms with E-state index in [1.54, 1.807) is 4.68 Å². The third kappa shape index (κ3) is 1.32. The van der Waals surface area contributed by atoms with Crippen LogP contribution in [0.3, 0.4) is 0 Å². The van der Waals surface area contributed by atoms with Gasteiger partial charge in [0.15, 0.2) is 0 Å². The van der Waals surface area contributed by atoms with Crippen molar-refractivity contribution in [1.29, 1.82) is 5.26 Å². The van der Waals surface area contributed by atoms with Crippen LogP contribution in [-0.4, -0.2) is 9.78 Å². The molecule has 0 aliphatic carbocycles. The quantitative estimate of drug-likeness (QED) is 0.676. The second-order valence-electron chi connectivity index (χ2n) is 2.28. The van der Waals surface area contributed by atoms with Crippen LogP contribution in [0, 0.1) is 11.3 Å². The van der Waals surface area contributed by atoms with Crippen molar-refractivity contribution in [2.24, 2.45) is 0 Å². The molecule has 0 fully saturated rings. The van der Waals surface area contributed by atoms with E-state index >= 15 is 0 Å². The molecular weight excluding hydrogens is 140 g/mol. The minimum atomic E-state index is 0.457. The Labute approximate surface area is 65.2 Å². The predicted molar refractivity (Wildman–Crippen MR) is 41.6 cm³/mol. The Morgan fingerprint density at radius 1 is 1.82 bits per heavy atom. The van der Waals surface area contributed by atoms with Crippen LogP contribution in [0.2, 0.25) is 0 Å². The van der Waals surface area contributed by atoms with E-state index in [9.17, 15) is 0 Å². The van der Waals surface area contributed by atoms with Crippen molar-refractivity contribution in [3.63, 3.8) is 0 Å². The van der Waals surface area contributed by atoms with E-state index in [1.165, 1.54) is 6.20 Å². The number of aryl methyl sites for hydroxylation is 1. The molecule has 0 amide bonds. The zero-order chi connectivity index (χ0) is 8.27. The summed E-state index contributed by atoms with van der Waals surface area (Å²) in [6.45, 7) is 2.81. The fraction of sp³-hybridized carbons (Fsp3) is 0.429. The van der Waals surface area contributed by atoms with Gasteiger partial charge in [-0.3, -0.25) is 0 Å². The lowest BCUT2D eigenvalue weighted by Gasteiger charge is -1.99.